The molecule has 1 saturated heterocycles. The number of aliphatic imine (C=N–C) groups is 1. The lowest BCUT2D eigenvalue weighted by Crippen LogP contribution is -2.46. The van der Waals surface area contributed by atoms with E-state index in [1.807, 2.05) is 11.7 Å². The molecule has 0 spiro atoms. The Labute approximate surface area is 132 Å². The first-order chi connectivity index (χ1) is 10.8. The Hall–Kier alpha value is -1.63. The molecule has 2 heterocycles. The largest absolute Gasteiger partial charge is 0.355 e. The highest BCUT2D eigenvalue weighted by Crippen LogP contribution is 2.26. The van der Waals surface area contributed by atoms with E-state index >= 15 is 0 Å². The Morgan fingerprint density at radius 3 is 2.91 bits per heavy atom. The fourth-order valence-electron chi connectivity index (χ4n) is 3.53. The van der Waals surface area contributed by atoms with Crippen molar-refractivity contribution in [1.82, 2.24) is 30.3 Å². The Morgan fingerprint density at radius 2 is 2.18 bits per heavy atom. The van der Waals surface area contributed by atoms with E-state index < -0.39 is 0 Å². The number of guanidine groups is 1. The average Bonchev–Trinajstić information content (AvgIpc) is 3.27. The summed E-state index contributed by atoms with van der Waals surface area (Å²) in [4.78, 5) is 10.9. The van der Waals surface area contributed by atoms with Crippen LogP contribution in [0.1, 0.15) is 32.1 Å². The summed E-state index contributed by atoms with van der Waals surface area (Å²) in [6.07, 6.45) is 10.1. The van der Waals surface area contributed by atoms with E-state index in [4.69, 9.17) is 0 Å². The molecule has 2 fully saturated rings. The van der Waals surface area contributed by atoms with Crippen LogP contribution in [0.3, 0.4) is 0 Å². The first-order valence-corrected chi connectivity index (χ1v) is 8.39. The van der Waals surface area contributed by atoms with Crippen LogP contribution in [0.4, 0.5) is 0 Å². The van der Waals surface area contributed by atoms with Crippen LogP contribution in [0.5, 0.6) is 0 Å². The zero-order chi connectivity index (χ0) is 15.2. The summed E-state index contributed by atoms with van der Waals surface area (Å²) in [5.41, 5.74) is 0. The van der Waals surface area contributed by atoms with Crippen LogP contribution in [-0.4, -0.2) is 64.4 Å². The minimum atomic E-state index is 0.512. The van der Waals surface area contributed by atoms with Gasteiger partial charge in [-0.25, -0.2) is 4.98 Å². The number of aromatic nitrogens is 3. The van der Waals surface area contributed by atoms with E-state index in [1.54, 1.807) is 12.7 Å². The summed E-state index contributed by atoms with van der Waals surface area (Å²) in [6, 6.07) is 1.34. The predicted molar refractivity (Wildman–Crippen MR) is 86.8 cm³/mol. The van der Waals surface area contributed by atoms with E-state index in [2.05, 4.69) is 30.6 Å². The van der Waals surface area contributed by atoms with Gasteiger partial charge in [0.25, 0.3) is 0 Å². The molecule has 1 aromatic rings. The van der Waals surface area contributed by atoms with Gasteiger partial charge in [0.2, 0.25) is 0 Å². The van der Waals surface area contributed by atoms with Crippen LogP contribution in [0.2, 0.25) is 0 Å². The van der Waals surface area contributed by atoms with Crippen LogP contribution in [0.15, 0.2) is 17.6 Å². The predicted octanol–water partition coefficient (Wildman–Crippen LogP) is 0.460. The maximum Gasteiger partial charge on any atom is 0.191 e. The maximum absolute atomic E-state index is 4.32. The molecule has 7 heteroatoms. The molecule has 1 atom stereocenters. The van der Waals surface area contributed by atoms with E-state index in [9.17, 15) is 0 Å². The quantitative estimate of drug-likeness (QED) is 0.611. The van der Waals surface area contributed by atoms with Gasteiger partial charge in [0.05, 0.1) is 6.54 Å². The van der Waals surface area contributed by atoms with Crippen molar-refractivity contribution in [2.45, 2.75) is 50.7 Å². The normalized spacial score (nSPS) is 24.0. The molecule has 22 heavy (non-hydrogen) atoms. The summed E-state index contributed by atoms with van der Waals surface area (Å²) >= 11 is 0. The first kappa shape index (κ1) is 15.3. The SMILES string of the molecule is CN=C(NCCn1cncn1)NC1CCN(C2CCCC2)C1. The zero-order valence-corrected chi connectivity index (χ0v) is 13.4. The maximum atomic E-state index is 4.32. The van der Waals surface area contributed by atoms with Crippen LogP contribution in [0, 0.1) is 0 Å². The minimum absolute atomic E-state index is 0.512. The Morgan fingerprint density at radius 1 is 1.32 bits per heavy atom. The molecule has 1 aliphatic heterocycles. The highest BCUT2D eigenvalue weighted by molar-refractivity contribution is 5.79. The van der Waals surface area contributed by atoms with Gasteiger partial charge >= 0.3 is 0 Å². The molecule has 1 unspecified atom stereocenters. The fourth-order valence-corrected chi connectivity index (χ4v) is 3.53. The number of likely N-dealkylation sites (tertiary alicyclic amines) is 1. The molecule has 0 radical (unpaired) electrons. The van der Waals surface area contributed by atoms with Crippen molar-refractivity contribution in [3.05, 3.63) is 12.7 Å². The van der Waals surface area contributed by atoms with Gasteiger partial charge in [-0.05, 0) is 19.3 Å². The highest BCUT2D eigenvalue weighted by atomic mass is 15.3. The standard InChI is InChI=1S/C15H27N7/c1-16-15(18-7-9-22-12-17-11-19-22)20-13-6-8-21(10-13)14-4-2-3-5-14/h11-14H,2-10H2,1H3,(H2,16,18,20). The number of hydrogen-bond acceptors (Lipinski definition) is 4. The third kappa shape index (κ3) is 3.97. The fraction of sp³-hybridized carbons (Fsp3) is 0.800. The summed E-state index contributed by atoms with van der Waals surface area (Å²) in [5, 5.41) is 11.0. The van der Waals surface area contributed by atoms with Crippen LogP contribution >= 0.6 is 0 Å². The Balaban J connectivity index is 1.39. The van der Waals surface area contributed by atoms with Gasteiger partial charge in [0.15, 0.2) is 5.96 Å². The Bertz CT molecular complexity index is 464. The molecule has 122 valence electrons. The second kappa shape index (κ2) is 7.58. The minimum Gasteiger partial charge on any atom is -0.355 e. The van der Waals surface area contributed by atoms with Crippen LogP contribution in [-0.2, 0) is 6.54 Å². The van der Waals surface area contributed by atoms with Crippen molar-refractivity contribution in [2.75, 3.05) is 26.7 Å². The van der Waals surface area contributed by atoms with Crippen molar-refractivity contribution in [2.24, 2.45) is 4.99 Å². The lowest BCUT2D eigenvalue weighted by molar-refractivity contribution is 0.242. The molecule has 7 nitrogen and oxygen atoms in total. The summed E-state index contributed by atoms with van der Waals surface area (Å²) in [6.45, 7) is 3.95. The van der Waals surface area contributed by atoms with Gasteiger partial charge in [-0.15, -0.1) is 0 Å². The van der Waals surface area contributed by atoms with Crippen molar-refractivity contribution in [1.29, 1.82) is 0 Å². The molecular weight excluding hydrogens is 278 g/mol. The summed E-state index contributed by atoms with van der Waals surface area (Å²) in [5.74, 6) is 0.887. The molecule has 0 amide bonds. The van der Waals surface area contributed by atoms with Gasteiger partial charge in [0, 0.05) is 38.8 Å². The number of rotatable bonds is 5. The molecule has 1 saturated carbocycles. The molecule has 0 aromatic carbocycles. The third-order valence-electron chi connectivity index (χ3n) is 4.73. The van der Waals surface area contributed by atoms with Gasteiger partial charge in [0.1, 0.15) is 12.7 Å². The van der Waals surface area contributed by atoms with E-state index in [0.717, 1.165) is 31.6 Å². The number of hydrogen-bond donors (Lipinski definition) is 2. The van der Waals surface area contributed by atoms with Crippen molar-refractivity contribution in [3.63, 3.8) is 0 Å². The number of nitrogens with one attached hydrogen (secondary N) is 2. The van der Waals surface area contributed by atoms with Crippen molar-refractivity contribution < 1.29 is 0 Å². The first-order valence-electron chi connectivity index (χ1n) is 8.39. The zero-order valence-electron chi connectivity index (χ0n) is 13.4. The second-order valence-corrected chi connectivity index (χ2v) is 6.22. The van der Waals surface area contributed by atoms with E-state index in [0.29, 0.717) is 6.04 Å². The molecule has 3 rings (SSSR count). The van der Waals surface area contributed by atoms with E-state index in [1.165, 1.54) is 38.6 Å². The molecule has 2 N–H and O–H groups in total. The topological polar surface area (TPSA) is 70.4 Å². The molecule has 0 bridgehead atoms. The lowest BCUT2D eigenvalue weighted by atomic mass is 10.2. The van der Waals surface area contributed by atoms with Gasteiger partial charge < -0.3 is 10.6 Å². The molecule has 1 aliphatic carbocycles. The second-order valence-electron chi connectivity index (χ2n) is 6.22. The van der Waals surface area contributed by atoms with Gasteiger partial charge in [-0.3, -0.25) is 14.6 Å². The Kier molecular flexibility index (Phi) is 5.26. The molecule has 1 aromatic heterocycles. The van der Waals surface area contributed by atoms with Crippen LogP contribution in [0.25, 0.3) is 0 Å². The van der Waals surface area contributed by atoms with Crippen molar-refractivity contribution >= 4 is 5.96 Å². The summed E-state index contributed by atoms with van der Waals surface area (Å²) < 4.78 is 1.82. The van der Waals surface area contributed by atoms with Gasteiger partial charge in [-0.1, -0.05) is 12.8 Å². The summed E-state index contributed by atoms with van der Waals surface area (Å²) in [7, 11) is 1.83. The number of nitrogens with zero attached hydrogens (tertiary/aromatic N) is 5. The molecule has 2 aliphatic rings. The van der Waals surface area contributed by atoms with Crippen molar-refractivity contribution in [3.8, 4) is 0 Å². The monoisotopic (exact) mass is 305 g/mol. The molecular formula is C15H27N7. The van der Waals surface area contributed by atoms with Crippen LogP contribution < -0.4 is 10.6 Å². The van der Waals surface area contributed by atoms with E-state index in [-0.39, 0.29) is 0 Å². The smallest absolute Gasteiger partial charge is 0.191 e. The van der Waals surface area contributed by atoms with Gasteiger partial charge in [-0.2, -0.15) is 5.10 Å². The lowest BCUT2D eigenvalue weighted by Gasteiger charge is -2.24. The highest BCUT2D eigenvalue weighted by Gasteiger charge is 2.30. The third-order valence-corrected chi connectivity index (χ3v) is 4.73. The average molecular weight is 305 g/mol.